The van der Waals surface area contributed by atoms with Crippen molar-refractivity contribution in [3.8, 4) is 0 Å². The summed E-state index contributed by atoms with van der Waals surface area (Å²) in [6.45, 7) is 2.75. The Morgan fingerprint density at radius 1 is 1.41 bits per heavy atom. The Bertz CT molecular complexity index is 234. The molecule has 0 aromatic rings. The molecule has 1 fully saturated rings. The van der Waals surface area contributed by atoms with Crippen molar-refractivity contribution < 1.29 is 9.53 Å². The monoisotopic (exact) mass is 243 g/mol. The second kappa shape index (κ2) is 7.63. The van der Waals surface area contributed by atoms with Gasteiger partial charge in [0.2, 0.25) is 5.91 Å². The molecular weight excluding hydrogens is 218 g/mol. The smallest absolute Gasteiger partial charge is 0.224 e. The van der Waals surface area contributed by atoms with Crippen LogP contribution in [-0.4, -0.2) is 57.2 Å². The van der Waals surface area contributed by atoms with Gasteiger partial charge in [0.25, 0.3) is 0 Å². The molecule has 1 saturated carbocycles. The number of nitrogens with two attached hydrogens (primary N) is 1. The molecule has 1 rings (SSSR count). The molecule has 5 heteroatoms. The number of carbonyl (C=O) groups is 1. The Labute approximate surface area is 104 Å². The maximum Gasteiger partial charge on any atom is 0.224 e. The van der Waals surface area contributed by atoms with Gasteiger partial charge in [-0.2, -0.15) is 0 Å². The molecule has 0 bridgehead atoms. The van der Waals surface area contributed by atoms with Gasteiger partial charge in [0.1, 0.15) is 0 Å². The highest BCUT2D eigenvalue weighted by Crippen LogP contribution is 2.23. The van der Waals surface area contributed by atoms with Crippen LogP contribution in [0.3, 0.4) is 0 Å². The number of amides is 1. The number of hydrogen-bond donors (Lipinski definition) is 2. The van der Waals surface area contributed by atoms with Gasteiger partial charge in [0.15, 0.2) is 0 Å². The Balaban J connectivity index is 2.00. The van der Waals surface area contributed by atoms with Crippen LogP contribution in [0.1, 0.15) is 19.3 Å². The molecule has 0 aromatic heterocycles. The van der Waals surface area contributed by atoms with Gasteiger partial charge in [-0.25, -0.2) is 0 Å². The minimum Gasteiger partial charge on any atom is -0.378 e. The molecule has 5 nitrogen and oxygen atoms in total. The van der Waals surface area contributed by atoms with Crippen LogP contribution >= 0.6 is 0 Å². The summed E-state index contributed by atoms with van der Waals surface area (Å²) in [5.41, 5.74) is 5.87. The van der Waals surface area contributed by atoms with Crippen molar-refractivity contribution >= 4 is 5.91 Å². The molecule has 0 radical (unpaired) electrons. The largest absolute Gasteiger partial charge is 0.378 e. The number of carbonyl (C=O) groups excluding carboxylic acids is 1. The quantitative estimate of drug-likeness (QED) is 0.608. The summed E-state index contributed by atoms with van der Waals surface area (Å²) >= 11 is 0. The minimum atomic E-state index is 0.0109. The van der Waals surface area contributed by atoms with Crippen LogP contribution in [0.15, 0.2) is 0 Å². The van der Waals surface area contributed by atoms with Crippen LogP contribution in [0.25, 0.3) is 0 Å². The molecule has 1 amide bonds. The fraction of sp³-hybridized carbons (Fsp3) is 0.917. The second-order valence-electron chi connectivity index (χ2n) is 4.91. The van der Waals surface area contributed by atoms with E-state index in [1.807, 2.05) is 14.1 Å². The predicted molar refractivity (Wildman–Crippen MR) is 67.7 cm³/mol. The van der Waals surface area contributed by atoms with Gasteiger partial charge in [0, 0.05) is 19.1 Å². The zero-order valence-electron chi connectivity index (χ0n) is 10.9. The van der Waals surface area contributed by atoms with Crippen LogP contribution in [0.2, 0.25) is 0 Å². The molecule has 0 aliphatic heterocycles. The summed E-state index contributed by atoms with van der Waals surface area (Å²) in [4.78, 5) is 13.8. The van der Waals surface area contributed by atoms with Gasteiger partial charge < -0.3 is 20.7 Å². The van der Waals surface area contributed by atoms with E-state index in [-0.39, 0.29) is 17.9 Å². The Hall–Kier alpha value is -0.650. The zero-order chi connectivity index (χ0) is 12.7. The normalized spacial score (nSPS) is 24.2. The van der Waals surface area contributed by atoms with E-state index in [1.165, 1.54) is 0 Å². The third-order valence-electron chi connectivity index (χ3n) is 3.13. The van der Waals surface area contributed by atoms with Gasteiger partial charge in [-0.1, -0.05) is 6.42 Å². The Morgan fingerprint density at radius 2 is 2.18 bits per heavy atom. The summed E-state index contributed by atoms with van der Waals surface area (Å²) < 4.78 is 5.40. The Kier molecular flexibility index (Phi) is 6.47. The van der Waals surface area contributed by atoms with Crippen LogP contribution in [0.4, 0.5) is 0 Å². The molecule has 0 spiro atoms. The van der Waals surface area contributed by atoms with E-state index >= 15 is 0 Å². The number of rotatable bonds is 7. The summed E-state index contributed by atoms with van der Waals surface area (Å²) in [5, 5.41) is 2.89. The first-order valence-corrected chi connectivity index (χ1v) is 6.37. The molecule has 1 aliphatic carbocycles. The molecular formula is C12H25N3O2. The lowest BCUT2D eigenvalue weighted by molar-refractivity contribution is -0.125. The SMILES string of the molecule is CN(C)CCOCCNC(=O)C1CCCC1N. The number of ether oxygens (including phenoxy) is 1. The van der Waals surface area contributed by atoms with Crippen molar-refractivity contribution in [1.82, 2.24) is 10.2 Å². The summed E-state index contributed by atoms with van der Waals surface area (Å²) in [6, 6.07) is 0.0460. The van der Waals surface area contributed by atoms with Crippen molar-refractivity contribution in [2.75, 3.05) is 40.4 Å². The first-order valence-electron chi connectivity index (χ1n) is 6.37. The van der Waals surface area contributed by atoms with Gasteiger partial charge in [0.05, 0.1) is 19.1 Å². The van der Waals surface area contributed by atoms with E-state index in [0.717, 1.165) is 25.8 Å². The van der Waals surface area contributed by atoms with Crippen molar-refractivity contribution in [3.63, 3.8) is 0 Å². The predicted octanol–water partition coefficient (Wildman–Crippen LogP) is -0.192. The van der Waals surface area contributed by atoms with Crippen molar-refractivity contribution in [2.45, 2.75) is 25.3 Å². The van der Waals surface area contributed by atoms with Crippen molar-refractivity contribution in [2.24, 2.45) is 11.7 Å². The third kappa shape index (κ3) is 5.48. The zero-order valence-corrected chi connectivity index (χ0v) is 10.9. The molecule has 100 valence electrons. The van der Waals surface area contributed by atoms with Gasteiger partial charge in [-0.05, 0) is 26.9 Å². The van der Waals surface area contributed by atoms with E-state index in [9.17, 15) is 4.79 Å². The molecule has 3 N–H and O–H groups in total. The van der Waals surface area contributed by atoms with E-state index in [0.29, 0.717) is 19.8 Å². The van der Waals surface area contributed by atoms with Gasteiger partial charge in [-0.3, -0.25) is 4.79 Å². The van der Waals surface area contributed by atoms with Gasteiger partial charge in [-0.15, -0.1) is 0 Å². The lowest BCUT2D eigenvalue weighted by Gasteiger charge is -2.15. The fourth-order valence-electron chi connectivity index (χ4n) is 2.04. The highest BCUT2D eigenvalue weighted by Gasteiger charge is 2.29. The van der Waals surface area contributed by atoms with Crippen LogP contribution in [0, 0.1) is 5.92 Å². The molecule has 0 saturated heterocycles. The fourth-order valence-corrected chi connectivity index (χ4v) is 2.04. The molecule has 2 atom stereocenters. The highest BCUT2D eigenvalue weighted by molar-refractivity contribution is 5.79. The summed E-state index contributed by atoms with van der Waals surface area (Å²) in [6.07, 6.45) is 2.96. The van der Waals surface area contributed by atoms with E-state index in [4.69, 9.17) is 10.5 Å². The molecule has 17 heavy (non-hydrogen) atoms. The maximum atomic E-state index is 11.7. The average Bonchev–Trinajstić information content (AvgIpc) is 2.69. The first kappa shape index (κ1) is 14.4. The van der Waals surface area contributed by atoms with E-state index in [2.05, 4.69) is 10.2 Å². The number of nitrogens with one attached hydrogen (secondary N) is 1. The van der Waals surface area contributed by atoms with Crippen molar-refractivity contribution in [1.29, 1.82) is 0 Å². The molecule has 0 aromatic carbocycles. The van der Waals surface area contributed by atoms with Crippen LogP contribution in [-0.2, 0) is 9.53 Å². The van der Waals surface area contributed by atoms with Crippen LogP contribution < -0.4 is 11.1 Å². The second-order valence-corrected chi connectivity index (χ2v) is 4.91. The van der Waals surface area contributed by atoms with Crippen molar-refractivity contribution in [3.05, 3.63) is 0 Å². The van der Waals surface area contributed by atoms with E-state index < -0.39 is 0 Å². The molecule has 2 unspecified atom stereocenters. The lowest BCUT2D eigenvalue weighted by Crippen LogP contribution is -2.39. The lowest BCUT2D eigenvalue weighted by atomic mass is 10.0. The molecule has 1 aliphatic rings. The van der Waals surface area contributed by atoms with E-state index in [1.54, 1.807) is 0 Å². The Morgan fingerprint density at radius 3 is 2.76 bits per heavy atom. The number of nitrogens with zero attached hydrogens (tertiary/aromatic N) is 1. The number of likely N-dealkylation sites (N-methyl/N-ethyl adjacent to an activating group) is 1. The number of hydrogen-bond acceptors (Lipinski definition) is 4. The molecule has 0 heterocycles. The minimum absolute atomic E-state index is 0.0109. The average molecular weight is 243 g/mol. The topological polar surface area (TPSA) is 67.6 Å². The maximum absolute atomic E-state index is 11.7. The third-order valence-corrected chi connectivity index (χ3v) is 3.13. The standard InChI is InChI=1S/C12H25N3O2/c1-15(2)7-9-17-8-6-14-12(16)10-4-3-5-11(10)13/h10-11H,3-9,13H2,1-2H3,(H,14,16). The van der Waals surface area contributed by atoms with Gasteiger partial charge >= 0.3 is 0 Å². The summed E-state index contributed by atoms with van der Waals surface area (Å²) in [5.74, 6) is 0.1000. The first-order chi connectivity index (χ1) is 8.11. The highest BCUT2D eigenvalue weighted by atomic mass is 16.5. The summed E-state index contributed by atoms with van der Waals surface area (Å²) in [7, 11) is 4.01. The van der Waals surface area contributed by atoms with Crippen LogP contribution in [0.5, 0.6) is 0 Å².